The fourth-order valence-electron chi connectivity index (χ4n) is 1.93. The lowest BCUT2D eigenvalue weighted by molar-refractivity contribution is 0.129. The van der Waals surface area contributed by atoms with E-state index < -0.39 is 15.8 Å². The van der Waals surface area contributed by atoms with Gasteiger partial charge in [0.05, 0.1) is 6.61 Å². The van der Waals surface area contributed by atoms with Gasteiger partial charge in [-0.05, 0) is 43.5 Å². The molecule has 0 bridgehead atoms. The molecule has 0 spiro atoms. The van der Waals surface area contributed by atoms with Crippen LogP contribution >= 0.6 is 0 Å². The quantitative estimate of drug-likeness (QED) is 0.673. The molecular weight excluding hydrogens is 295 g/mol. The number of ether oxygens (including phenoxy) is 1. The minimum absolute atomic E-state index is 0.144. The predicted molar refractivity (Wildman–Crippen MR) is 77.9 cm³/mol. The van der Waals surface area contributed by atoms with Crippen molar-refractivity contribution in [2.75, 3.05) is 26.8 Å². The molecule has 1 fully saturated rings. The lowest BCUT2D eigenvalue weighted by Gasteiger charge is -2.10. The van der Waals surface area contributed by atoms with Crippen LogP contribution in [0, 0.1) is 11.7 Å². The number of benzene rings is 1. The molecule has 1 saturated carbocycles. The fraction of sp³-hybridized carbons (Fsp3) is 0.571. The number of hydrogen-bond acceptors (Lipinski definition) is 4. The summed E-state index contributed by atoms with van der Waals surface area (Å²) in [6, 6.07) is 4.08. The second-order valence-corrected chi connectivity index (χ2v) is 6.95. The Balaban J connectivity index is 1.92. The molecule has 2 rings (SSSR count). The molecule has 0 atom stereocenters. The summed E-state index contributed by atoms with van der Waals surface area (Å²) in [5, 5.41) is 2.90. The molecule has 2 N–H and O–H groups in total. The van der Waals surface area contributed by atoms with Crippen molar-refractivity contribution < 1.29 is 17.5 Å². The number of nitrogens with one attached hydrogen (secondary N) is 2. The van der Waals surface area contributed by atoms with Crippen molar-refractivity contribution >= 4 is 10.0 Å². The average molecular weight is 316 g/mol. The Bertz CT molecular complexity index is 574. The van der Waals surface area contributed by atoms with Crippen LogP contribution in [0.3, 0.4) is 0 Å². The summed E-state index contributed by atoms with van der Waals surface area (Å²) >= 11 is 0. The van der Waals surface area contributed by atoms with Crippen molar-refractivity contribution in [3.8, 4) is 0 Å². The highest BCUT2D eigenvalue weighted by Crippen LogP contribution is 2.28. The molecule has 0 amide bonds. The van der Waals surface area contributed by atoms with E-state index in [1.165, 1.54) is 25.0 Å². The molecule has 118 valence electrons. The molecule has 1 aromatic rings. The number of rotatable bonds is 9. The molecule has 0 aliphatic heterocycles. The van der Waals surface area contributed by atoms with Crippen molar-refractivity contribution in [1.29, 1.82) is 0 Å². The van der Waals surface area contributed by atoms with Crippen LogP contribution in [0.1, 0.15) is 18.4 Å². The first-order valence-electron chi connectivity index (χ1n) is 7.03. The Morgan fingerprint density at radius 1 is 1.38 bits per heavy atom. The van der Waals surface area contributed by atoms with E-state index >= 15 is 0 Å². The summed E-state index contributed by atoms with van der Waals surface area (Å²) in [7, 11) is -2.11. The zero-order valence-electron chi connectivity index (χ0n) is 12.1. The first-order chi connectivity index (χ1) is 10.0. The third-order valence-corrected chi connectivity index (χ3v) is 4.73. The van der Waals surface area contributed by atoms with E-state index in [2.05, 4.69) is 10.0 Å². The highest BCUT2D eigenvalue weighted by Gasteiger charge is 2.22. The molecule has 0 heterocycles. The van der Waals surface area contributed by atoms with Crippen LogP contribution in [0.25, 0.3) is 0 Å². The third-order valence-electron chi connectivity index (χ3n) is 3.25. The van der Waals surface area contributed by atoms with Gasteiger partial charge < -0.3 is 10.1 Å². The lowest BCUT2D eigenvalue weighted by Crippen LogP contribution is -2.28. The van der Waals surface area contributed by atoms with E-state index in [9.17, 15) is 12.8 Å². The minimum atomic E-state index is -3.85. The molecule has 0 saturated heterocycles. The van der Waals surface area contributed by atoms with Crippen molar-refractivity contribution in [2.24, 2.45) is 5.92 Å². The second kappa shape index (κ2) is 7.31. The third kappa shape index (κ3) is 5.03. The van der Waals surface area contributed by atoms with Gasteiger partial charge in [-0.15, -0.1) is 0 Å². The van der Waals surface area contributed by atoms with E-state index in [1.54, 1.807) is 13.1 Å². The Kier molecular flexibility index (Phi) is 5.69. The van der Waals surface area contributed by atoms with E-state index in [0.717, 1.165) is 0 Å². The average Bonchev–Trinajstić information content (AvgIpc) is 3.25. The van der Waals surface area contributed by atoms with Crippen LogP contribution in [0.15, 0.2) is 23.1 Å². The fourth-order valence-corrected chi connectivity index (χ4v) is 3.07. The van der Waals surface area contributed by atoms with Gasteiger partial charge in [0.1, 0.15) is 10.7 Å². The number of hydrogen-bond donors (Lipinski definition) is 2. The van der Waals surface area contributed by atoms with Gasteiger partial charge in [0.25, 0.3) is 0 Å². The zero-order chi connectivity index (χ0) is 15.3. The summed E-state index contributed by atoms with van der Waals surface area (Å²) in [4.78, 5) is -0.322. The highest BCUT2D eigenvalue weighted by molar-refractivity contribution is 7.89. The Labute approximate surface area is 124 Å². The summed E-state index contributed by atoms with van der Waals surface area (Å²) in [5.41, 5.74) is 0.712. The molecular formula is C14H21FN2O3S. The maximum Gasteiger partial charge on any atom is 0.243 e. The molecule has 21 heavy (non-hydrogen) atoms. The molecule has 0 radical (unpaired) electrons. The summed E-state index contributed by atoms with van der Waals surface area (Å²) in [6.07, 6.45) is 2.38. The van der Waals surface area contributed by atoms with E-state index in [-0.39, 0.29) is 11.4 Å². The van der Waals surface area contributed by atoms with Crippen molar-refractivity contribution in [3.05, 3.63) is 29.6 Å². The van der Waals surface area contributed by atoms with Crippen LogP contribution in [0.5, 0.6) is 0 Å². The second-order valence-electron chi connectivity index (χ2n) is 5.21. The van der Waals surface area contributed by atoms with E-state index in [4.69, 9.17) is 4.74 Å². The monoisotopic (exact) mass is 316 g/mol. The van der Waals surface area contributed by atoms with Crippen molar-refractivity contribution in [2.45, 2.75) is 24.3 Å². The predicted octanol–water partition coefficient (Wildman–Crippen LogP) is 1.25. The van der Waals surface area contributed by atoms with Gasteiger partial charge in [0, 0.05) is 19.7 Å². The topological polar surface area (TPSA) is 67.4 Å². The van der Waals surface area contributed by atoms with Crippen molar-refractivity contribution in [3.63, 3.8) is 0 Å². The van der Waals surface area contributed by atoms with Crippen LogP contribution < -0.4 is 10.0 Å². The molecule has 5 nitrogen and oxygen atoms in total. The standard InChI is InChI=1S/C14H21FN2O3S/c1-16-9-12-4-5-13(15)14(8-12)21(18,19)17-6-7-20-10-11-2-3-11/h4-5,8,11,16-17H,2-3,6-7,9-10H2,1H3. The zero-order valence-corrected chi connectivity index (χ0v) is 12.9. The van der Waals surface area contributed by atoms with Gasteiger partial charge in [-0.25, -0.2) is 17.5 Å². The summed E-state index contributed by atoms with van der Waals surface area (Å²) in [6.45, 7) is 1.60. The molecule has 1 aliphatic carbocycles. The van der Waals surface area contributed by atoms with Gasteiger partial charge in [-0.1, -0.05) is 6.07 Å². The molecule has 0 aromatic heterocycles. The van der Waals surface area contributed by atoms with Crippen LogP contribution in [0.4, 0.5) is 4.39 Å². The largest absolute Gasteiger partial charge is 0.380 e. The van der Waals surface area contributed by atoms with Gasteiger partial charge in [0.15, 0.2) is 0 Å². The van der Waals surface area contributed by atoms with E-state index in [0.29, 0.717) is 31.2 Å². The van der Waals surface area contributed by atoms with Crippen LogP contribution in [0.2, 0.25) is 0 Å². The first kappa shape index (κ1) is 16.4. The molecule has 7 heteroatoms. The maximum absolute atomic E-state index is 13.7. The van der Waals surface area contributed by atoms with Crippen LogP contribution in [-0.4, -0.2) is 35.2 Å². The Morgan fingerprint density at radius 3 is 2.81 bits per heavy atom. The molecule has 1 aromatic carbocycles. The van der Waals surface area contributed by atoms with E-state index in [1.807, 2.05) is 0 Å². The summed E-state index contributed by atoms with van der Waals surface area (Å²) < 4.78 is 45.6. The van der Waals surface area contributed by atoms with Gasteiger partial charge in [0.2, 0.25) is 10.0 Å². The van der Waals surface area contributed by atoms with Gasteiger partial charge >= 0.3 is 0 Å². The smallest absolute Gasteiger partial charge is 0.243 e. The molecule has 0 unspecified atom stereocenters. The van der Waals surface area contributed by atoms with Gasteiger partial charge in [-0.2, -0.15) is 0 Å². The number of halogens is 1. The first-order valence-corrected chi connectivity index (χ1v) is 8.51. The Morgan fingerprint density at radius 2 is 2.14 bits per heavy atom. The van der Waals surface area contributed by atoms with Gasteiger partial charge in [-0.3, -0.25) is 0 Å². The van der Waals surface area contributed by atoms with Crippen molar-refractivity contribution in [1.82, 2.24) is 10.0 Å². The lowest BCUT2D eigenvalue weighted by atomic mass is 10.2. The normalized spacial score (nSPS) is 15.3. The summed E-state index contributed by atoms with van der Waals surface area (Å²) in [5.74, 6) is -0.112. The SMILES string of the molecule is CNCc1ccc(F)c(S(=O)(=O)NCCOCC2CC2)c1. The Hall–Kier alpha value is -1.02. The van der Waals surface area contributed by atoms with Crippen LogP contribution in [-0.2, 0) is 21.3 Å². The highest BCUT2D eigenvalue weighted by atomic mass is 32.2. The maximum atomic E-state index is 13.7. The number of sulfonamides is 1. The molecule has 1 aliphatic rings. The minimum Gasteiger partial charge on any atom is -0.380 e.